The predicted octanol–water partition coefficient (Wildman–Crippen LogP) is 2.99. The Hall–Kier alpha value is -1.37. The summed E-state index contributed by atoms with van der Waals surface area (Å²) in [6.07, 6.45) is 2.77. The lowest BCUT2D eigenvalue weighted by Gasteiger charge is -2.05. The molecule has 0 saturated heterocycles. The van der Waals surface area contributed by atoms with Crippen molar-refractivity contribution in [3.63, 3.8) is 0 Å². The first kappa shape index (κ1) is 10.7. The van der Waals surface area contributed by atoms with E-state index in [0.717, 1.165) is 6.42 Å². The minimum absolute atomic E-state index is 0.116. The quantitative estimate of drug-likeness (QED) is 0.664. The van der Waals surface area contributed by atoms with Crippen LogP contribution in [0.5, 0.6) is 0 Å². The number of allylic oxidation sites excluding steroid dienone is 1. The highest BCUT2D eigenvalue weighted by Gasteiger charge is 2.01. The second-order valence-electron chi connectivity index (χ2n) is 3.60. The Bertz CT molecular complexity index is 350. The lowest BCUT2D eigenvalue weighted by atomic mass is 10.0. The molecule has 0 bridgehead atoms. The fraction of sp³-hybridized carbons (Fsp3) is 0.308. The molecule has 1 aromatic rings. The van der Waals surface area contributed by atoms with Crippen LogP contribution in [0.25, 0.3) is 0 Å². The minimum atomic E-state index is 0.116. The van der Waals surface area contributed by atoms with Gasteiger partial charge >= 0.3 is 0 Å². The van der Waals surface area contributed by atoms with Gasteiger partial charge in [0.2, 0.25) is 0 Å². The number of ketones is 1. The molecule has 0 heterocycles. The van der Waals surface area contributed by atoms with Gasteiger partial charge in [0, 0.05) is 6.42 Å². The molecule has 0 saturated carbocycles. The zero-order valence-corrected chi connectivity index (χ0v) is 8.84. The van der Waals surface area contributed by atoms with Crippen LogP contribution in [0.15, 0.2) is 30.9 Å². The fourth-order valence-electron chi connectivity index (χ4n) is 1.49. The smallest absolute Gasteiger partial charge is 0.155 e. The van der Waals surface area contributed by atoms with Crippen LogP contribution < -0.4 is 0 Å². The van der Waals surface area contributed by atoms with Crippen molar-refractivity contribution in [2.24, 2.45) is 0 Å². The number of hydrogen-bond donors (Lipinski definition) is 0. The van der Waals surface area contributed by atoms with E-state index in [0.29, 0.717) is 6.42 Å². The number of hydrogen-bond acceptors (Lipinski definition) is 1. The summed E-state index contributed by atoms with van der Waals surface area (Å²) in [7, 11) is 0. The number of aryl methyl sites for hydroxylation is 3. The molecule has 1 aromatic carbocycles. The molecule has 0 unspecified atom stereocenters. The van der Waals surface area contributed by atoms with Crippen LogP contribution in [0.4, 0.5) is 0 Å². The van der Waals surface area contributed by atoms with Crippen molar-refractivity contribution in [1.29, 1.82) is 0 Å². The van der Waals surface area contributed by atoms with E-state index in [-0.39, 0.29) is 5.78 Å². The molecule has 0 N–H and O–H groups in total. The number of carbonyl (C=O) groups excluding carboxylic acids is 1. The molecule has 0 aliphatic carbocycles. The molecule has 0 radical (unpaired) electrons. The van der Waals surface area contributed by atoms with E-state index in [4.69, 9.17) is 0 Å². The number of benzene rings is 1. The summed E-state index contributed by atoms with van der Waals surface area (Å²) in [6.45, 7) is 7.62. The Kier molecular flexibility index (Phi) is 3.63. The zero-order chi connectivity index (χ0) is 10.6. The van der Waals surface area contributed by atoms with Crippen molar-refractivity contribution in [2.75, 3.05) is 0 Å². The van der Waals surface area contributed by atoms with Crippen LogP contribution >= 0.6 is 0 Å². The lowest BCUT2D eigenvalue weighted by Crippen LogP contribution is -1.97. The molecule has 1 rings (SSSR count). The Morgan fingerprint density at radius 3 is 2.71 bits per heavy atom. The molecule has 1 heteroatoms. The van der Waals surface area contributed by atoms with Crippen molar-refractivity contribution in [2.45, 2.75) is 26.7 Å². The van der Waals surface area contributed by atoms with E-state index in [1.54, 1.807) is 0 Å². The van der Waals surface area contributed by atoms with Crippen LogP contribution in [-0.2, 0) is 11.2 Å². The Labute approximate surface area is 85.5 Å². The van der Waals surface area contributed by atoms with E-state index in [1.165, 1.54) is 22.8 Å². The van der Waals surface area contributed by atoms with Crippen molar-refractivity contribution in [1.82, 2.24) is 0 Å². The maximum absolute atomic E-state index is 11.0. The first-order chi connectivity index (χ1) is 6.63. The zero-order valence-electron chi connectivity index (χ0n) is 8.84. The number of carbonyl (C=O) groups is 1. The average Bonchev–Trinajstić information content (AvgIpc) is 2.16. The van der Waals surface area contributed by atoms with E-state index in [2.05, 4.69) is 38.6 Å². The van der Waals surface area contributed by atoms with Gasteiger partial charge in [0.15, 0.2) is 5.78 Å². The number of rotatable bonds is 4. The van der Waals surface area contributed by atoms with E-state index >= 15 is 0 Å². The first-order valence-electron chi connectivity index (χ1n) is 4.85. The third-order valence-corrected chi connectivity index (χ3v) is 2.37. The molecular formula is C13H16O. The van der Waals surface area contributed by atoms with Gasteiger partial charge in [0.25, 0.3) is 0 Å². The Morgan fingerprint density at radius 2 is 2.14 bits per heavy atom. The normalized spacial score (nSPS) is 9.86. The van der Waals surface area contributed by atoms with Crippen LogP contribution in [-0.4, -0.2) is 5.78 Å². The maximum Gasteiger partial charge on any atom is 0.155 e. The molecule has 0 fully saturated rings. The molecule has 0 spiro atoms. The molecular weight excluding hydrogens is 172 g/mol. The summed E-state index contributed by atoms with van der Waals surface area (Å²) < 4.78 is 0. The molecule has 0 atom stereocenters. The molecule has 74 valence electrons. The van der Waals surface area contributed by atoms with Crippen LogP contribution in [0, 0.1) is 13.8 Å². The topological polar surface area (TPSA) is 17.1 Å². The monoisotopic (exact) mass is 188 g/mol. The van der Waals surface area contributed by atoms with Crippen LogP contribution in [0.2, 0.25) is 0 Å². The van der Waals surface area contributed by atoms with Crippen molar-refractivity contribution in [3.05, 3.63) is 47.5 Å². The van der Waals surface area contributed by atoms with Crippen molar-refractivity contribution in [3.8, 4) is 0 Å². The van der Waals surface area contributed by atoms with Gasteiger partial charge in [0.1, 0.15) is 0 Å². The van der Waals surface area contributed by atoms with Gasteiger partial charge in [-0.1, -0.05) is 30.3 Å². The second-order valence-corrected chi connectivity index (χ2v) is 3.60. The van der Waals surface area contributed by atoms with Gasteiger partial charge in [-0.2, -0.15) is 0 Å². The van der Waals surface area contributed by atoms with Crippen molar-refractivity contribution < 1.29 is 4.79 Å². The largest absolute Gasteiger partial charge is 0.295 e. The second kappa shape index (κ2) is 4.75. The van der Waals surface area contributed by atoms with Gasteiger partial charge in [-0.3, -0.25) is 4.79 Å². The average molecular weight is 188 g/mol. The first-order valence-corrected chi connectivity index (χ1v) is 4.85. The van der Waals surface area contributed by atoms with Gasteiger partial charge in [0.05, 0.1) is 0 Å². The summed E-state index contributed by atoms with van der Waals surface area (Å²) in [5.74, 6) is 0.116. The van der Waals surface area contributed by atoms with Crippen LogP contribution in [0.1, 0.15) is 23.1 Å². The highest BCUT2D eigenvalue weighted by Crippen LogP contribution is 2.12. The summed E-state index contributed by atoms with van der Waals surface area (Å²) in [4.78, 5) is 11.0. The highest BCUT2D eigenvalue weighted by atomic mass is 16.1. The van der Waals surface area contributed by atoms with E-state index < -0.39 is 0 Å². The lowest BCUT2D eigenvalue weighted by molar-refractivity contribution is -0.114. The van der Waals surface area contributed by atoms with Gasteiger partial charge in [-0.25, -0.2) is 0 Å². The Balaban J connectivity index is 2.68. The summed E-state index contributed by atoms with van der Waals surface area (Å²) >= 11 is 0. The summed E-state index contributed by atoms with van der Waals surface area (Å²) in [5, 5.41) is 0. The molecule has 0 amide bonds. The van der Waals surface area contributed by atoms with Gasteiger partial charge in [-0.05, 0) is 37.5 Å². The third kappa shape index (κ3) is 2.84. The molecule has 1 nitrogen and oxygen atoms in total. The SMILES string of the molecule is C=CC(=O)CCc1ccc(C)cc1C. The standard InChI is InChI=1S/C13H16O/c1-4-13(14)8-7-12-6-5-10(2)9-11(12)3/h4-6,9H,1,7-8H2,2-3H3. The maximum atomic E-state index is 11.0. The molecule has 0 aliphatic heterocycles. The third-order valence-electron chi connectivity index (χ3n) is 2.37. The summed E-state index contributed by atoms with van der Waals surface area (Å²) in [6, 6.07) is 6.33. The van der Waals surface area contributed by atoms with E-state index in [1.807, 2.05) is 0 Å². The Morgan fingerprint density at radius 1 is 1.43 bits per heavy atom. The highest BCUT2D eigenvalue weighted by molar-refractivity contribution is 5.89. The molecule has 14 heavy (non-hydrogen) atoms. The fourth-order valence-corrected chi connectivity index (χ4v) is 1.49. The van der Waals surface area contributed by atoms with Gasteiger partial charge in [-0.15, -0.1) is 0 Å². The summed E-state index contributed by atoms with van der Waals surface area (Å²) in [5.41, 5.74) is 3.79. The predicted molar refractivity (Wildman–Crippen MR) is 59.4 cm³/mol. The molecule has 0 aromatic heterocycles. The van der Waals surface area contributed by atoms with Crippen molar-refractivity contribution >= 4 is 5.78 Å². The minimum Gasteiger partial charge on any atom is -0.295 e. The van der Waals surface area contributed by atoms with Crippen LogP contribution in [0.3, 0.4) is 0 Å². The molecule has 0 aliphatic rings. The van der Waals surface area contributed by atoms with E-state index in [9.17, 15) is 4.79 Å². The van der Waals surface area contributed by atoms with Gasteiger partial charge < -0.3 is 0 Å².